The lowest BCUT2D eigenvalue weighted by molar-refractivity contribution is -0.128. The molecule has 0 aromatic carbocycles. The van der Waals surface area contributed by atoms with Gasteiger partial charge in [0.1, 0.15) is 5.82 Å². The van der Waals surface area contributed by atoms with Gasteiger partial charge >= 0.3 is 0 Å². The molecule has 3 rings (SSSR count). The molecule has 0 radical (unpaired) electrons. The highest BCUT2D eigenvalue weighted by molar-refractivity contribution is 7.93. The second kappa shape index (κ2) is 11.4. The van der Waals surface area contributed by atoms with E-state index in [1.54, 1.807) is 13.0 Å². The molecule has 1 aliphatic carbocycles. The summed E-state index contributed by atoms with van der Waals surface area (Å²) in [4.78, 5) is 29.2. The quantitative estimate of drug-likeness (QED) is 0.342. The molecule has 2 N–H and O–H groups in total. The number of pyridine rings is 2. The van der Waals surface area contributed by atoms with Crippen LogP contribution in [0.4, 0.5) is 15.9 Å². The number of amides is 1. The van der Waals surface area contributed by atoms with Crippen LogP contribution in [0.15, 0.2) is 52.8 Å². The molecule has 12 heteroatoms. The van der Waals surface area contributed by atoms with Crippen LogP contribution in [0.1, 0.15) is 51.3 Å². The van der Waals surface area contributed by atoms with Crippen molar-refractivity contribution >= 4 is 45.7 Å². The number of anilines is 2. The van der Waals surface area contributed by atoms with E-state index in [0.29, 0.717) is 36.6 Å². The Morgan fingerprint density at radius 2 is 2.06 bits per heavy atom. The van der Waals surface area contributed by atoms with Gasteiger partial charge in [-0.15, -0.1) is 0 Å². The minimum atomic E-state index is -3.55. The Labute approximate surface area is 209 Å². The summed E-state index contributed by atoms with van der Waals surface area (Å²) in [5.41, 5.74) is -1.55. The molecule has 1 amide bonds. The van der Waals surface area contributed by atoms with Gasteiger partial charge in [0.25, 0.3) is 5.91 Å². The molecular weight excluding hydrogens is 487 g/mol. The van der Waals surface area contributed by atoms with Gasteiger partial charge in [-0.05, 0) is 57.2 Å². The predicted molar refractivity (Wildman–Crippen MR) is 138 cm³/mol. The number of carbonyl (C=O) groups excluding carboxylic acids is 1. The maximum atomic E-state index is 15.9. The van der Waals surface area contributed by atoms with E-state index in [0.717, 1.165) is 0 Å². The number of aliphatic imine (C=N–C) groups is 2. The van der Waals surface area contributed by atoms with Gasteiger partial charge in [-0.25, -0.2) is 22.8 Å². The molecule has 2 aromatic heterocycles. The van der Waals surface area contributed by atoms with Gasteiger partial charge in [0.2, 0.25) is 15.7 Å². The van der Waals surface area contributed by atoms with E-state index in [2.05, 4.69) is 36.7 Å². The molecule has 1 saturated carbocycles. The number of hydrogen-bond acceptors (Lipinski definition) is 8. The van der Waals surface area contributed by atoms with Crippen molar-refractivity contribution in [2.24, 2.45) is 9.98 Å². The Morgan fingerprint density at radius 1 is 1.31 bits per heavy atom. The lowest BCUT2D eigenvalue weighted by atomic mass is 9.96. The molecule has 192 valence electrons. The fourth-order valence-electron chi connectivity index (χ4n) is 3.29. The summed E-state index contributed by atoms with van der Waals surface area (Å²) >= 11 is 0. The predicted octanol–water partition coefficient (Wildman–Crippen LogP) is 4.05. The number of halogens is 1. The van der Waals surface area contributed by atoms with Crippen LogP contribution in [0.2, 0.25) is 0 Å². The number of sulfonamides is 1. The fraction of sp³-hybridized carbons (Fsp3) is 0.375. The van der Waals surface area contributed by atoms with Crippen LogP contribution in [0, 0.1) is 0 Å². The summed E-state index contributed by atoms with van der Waals surface area (Å²) in [7, 11) is -3.55. The molecule has 10 nitrogen and oxygen atoms in total. The van der Waals surface area contributed by atoms with Crippen molar-refractivity contribution in [1.82, 2.24) is 9.97 Å². The maximum Gasteiger partial charge on any atom is 0.269 e. The Hall–Kier alpha value is -3.67. The zero-order valence-corrected chi connectivity index (χ0v) is 21.2. The third-order valence-corrected chi connectivity index (χ3v) is 7.25. The van der Waals surface area contributed by atoms with E-state index >= 15 is 4.39 Å². The first-order valence-corrected chi connectivity index (χ1v) is 13.0. The molecule has 36 heavy (non-hydrogen) atoms. The van der Waals surface area contributed by atoms with Crippen molar-refractivity contribution in [3.63, 3.8) is 0 Å². The van der Waals surface area contributed by atoms with E-state index in [1.165, 1.54) is 43.7 Å². The summed E-state index contributed by atoms with van der Waals surface area (Å²) in [6.45, 7) is 8.94. The monoisotopic (exact) mass is 516 g/mol. The second-order valence-electron chi connectivity index (χ2n) is 8.08. The standard InChI is InChI=1S/C24H29FN6O4S/c1-5-24(25,21-13-18(11-12-27-21)31-36(33,34)19-8-9-19)23(32)30-22-10-7-17(14-28-22)20(15-26-4)29-16(3)35-6-2/h7,10-15,19H,4-6,8-9H2,1-3H3,(H,27,31)(H,28,30,32)/b20-15-,29-16?. The summed E-state index contributed by atoms with van der Waals surface area (Å²) in [6.07, 6.45) is 5.10. The number of aromatic nitrogens is 2. The van der Waals surface area contributed by atoms with Gasteiger partial charge in [0, 0.05) is 24.9 Å². The molecule has 2 heterocycles. The van der Waals surface area contributed by atoms with E-state index in [4.69, 9.17) is 4.74 Å². The van der Waals surface area contributed by atoms with Crippen LogP contribution in [-0.2, 0) is 25.2 Å². The van der Waals surface area contributed by atoms with E-state index in [-0.39, 0.29) is 23.6 Å². The zero-order chi connectivity index (χ0) is 26.3. The second-order valence-corrected chi connectivity index (χ2v) is 10.0. The summed E-state index contributed by atoms with van der Waals surface area (Å²) < 4.78 is 48.2. The topological polar surface area (TPSA) is 135 Å². The molecule has 0 bridgehead atoms. The highest BCUT2D eigenvalue weighted by Gasteiger charge is 2.41. The van der Waals surface area contributed by atoms with Gasteiger partial charge < -0.3 is 10.1 Å². The lowest BCUT2D eigenvalue weighted by Crippen LogP contribution is -2.37. The summed E-state index contributed by atoms with van der Waals surface area (Å²) in [6, 6.07) is 5.79. The first-order chi connectivity index (χ1) is 17.1. The van der Waals surface area contributed by atoms with Crippen LogP contribution in [-0.4, -0.2) is 48.8 Å². The SMILES string of the molecule is C=N/C=C(\N=C(C)OCC)c1ccc(NC(=O)C(F)(CC)c2cc(NS(=O)(=O)C3CC3)ccn2)nc1. The molecular formula is C24H29FN6O4S. The molecule has 0 aliphatic heterocycles. The van der Waals surface area contributed by atoms with Crippen molar-refractivity contribution in [3.8, 4) is 0 Å². The maximum absolute atomic E-state index is 15.9. The summed E-state index contributed by atoms with van der Waals surface area (Å²) in [5.74, 6) is -0.431. The minimum Gasteiger partial charge on any atom is -0.481 e. The number of alkyl halides is 1. The third kappa shape index (κ3) is 6.51. The Kier molecular flexibility index (Phi) is 8.51. The van der Waals surface area contributed by atoms with Crippen molar-refractivity contribution in [2.45, 2.75) is 51.0 Å². The van der Waals surface area contributed by atoms with Gasteiger partial charge in [-0.1, -0.05) is 6.92 Å². The molecule has 1 unspecified atom stereocenters. The van der Waals surface area contributed by atoms with E-state index < -0.39 is 26.8 Å². The van der Waals surface area contributed by atoms with Gasteiger partial charge in [-0.2, -0.15) is 0 Å². The van der Waals surface area contributed by atoms with Gasteiger partial charge in [-0.3, -0.25) is 19.5 Å². The Morgan fingerprint density at radius 3 is 2.64 bits per heavy atom. The highest BCUT2D eigenvalue weighted by Crippen LogP contribution is 2.33. The van der Waals surface area contributed by atoms with Crippen molar-refractivity contribution in [2.75, 3.05) is 16.6 Å². The third-order valence-electron chi connectivity index (χ3n) is 5.38. The van der Waals surface area contributed by atoms with E-state index in [1.807, 2.05) is 6.92 Å². The average Bonchev–Trinajstić information content (AvgIpc) is 3.70. The van der Waals surface area contributed by atoms with E-state index in [9.17, 15) is 13.2 Å². The van der Waals surface area contributed by atoms with Gasteiger partial charge in [0.15, 0.2) is 5.90 Å². The largest absolute Gasteiger partial charge is 0.481 e. The average molecular weight is 517 g/mol. The van der Waals surface area contributed by atoms with Crippen molar-refractivity contribution < 1.29 is 22.3 Å². The zero-order valence-electron chi connectivity index (χ0n) is 20.4. The normalized spacial score (nSPS) is 16.1. The minimum absolute atomic E-state index is 0.112. The molecule has 0 spiro atoms. The number of rotatable bonds is 11. The molecule has 1 fully saturated rings. The van der Waals surface area contributed by atoms with Crippen molar-refractivity contribution in [3.05, 3.63) is 54.1 Å². The van der Waals surface area contributed by atoms with Crippen LogP contribution in [0.3, 0.4) is 0 Å². The smallest absolute Gasteiger partial charge is 0.269 e. The van der Waals surface area contributed by atoms with Crippen molar-refractivity contribution in [1.29, 1.82) is 0 Å². The first-order valence-electron chi connectivity index (χ1n) is 11.4. The number of nitrogens with one attached hydrogen (secondary N) is 2. The number of ether oxygens (including phenoxy) is 1. The molecule has 0 saturated heterocycles. The van der Waals surface area contributed by atoms with Crippen LogP contribution < -0.4 is 10.0 Å². The number of carbonyl (C=O) groups is 1. The highest BCUT2D eigenvalue weighted by atomic mass is 32.2. The number of nitrogens with zero attached hydrogens (tertiary/aromatic N) is 4. The Bertz CT molecular complexity index is 1280. The molecule has 1 atom stereocenters. The Balaban J connectivity index is 1.78. The van der Waals surface area contributed by atoms with Gasteiger partial charge in [0.05, 0.1) is 35.1 Å². The van der Waals surface area contributed by atoms with Crippen LogP contribution in [0.25, 0.3) is 5.70 Å². The fourth-order valence-corrected chi connectivity index (χ4v) is 4.67. The number of hydrogen-bond donors (Lipinski definition) is 2. The molecule has 2 aromatic rings. The molecule has 1 aliphatic rings. The van der Waals surface area contributed by atoms with Crippen LogP contribution >= 0.6 is 0 Å². The van der Waals surface area contributed by atoms with Crippen LogP contribution in [0.5, 0.6) is 0 Å². The first kappa shape index (κ1) is 26.9. The lowest BCUT2D eigenvalue weighted by Gasteiger charge is -2.22. The summed E-state index contributed by atoms with van der Waals surface area (Å²) in [5, 5.41) is 2.02.